The largest absolute Gasteiger partial charge is 0.378 e. The fourth-order valence-corrected chi connectivity index (χ4v) is 4.02. The van der Waals surface area contributed by atoms with E-state index in [1.165, 1.54) is 22.0 Å². The summed E-state index contributed by atoms with van der Waals surface area (Å²) in [6.07, 6.45) is 1.55. The van der Waals surface area contributed by atoms with Crippen molar-refractivity contribution in [2.24, 2.45) is 5.10 Å². The first-order valence-electron chi connectivity index (χ1n) is 10.6. The Morgan fingerprint density at radius 2 is 1.91 bits per heavy atom. The standard InChI is InChI=1S/C23H24N8O2S/c1-15-8-12-18(13-9-15)34-14-19-20(26-30-31(19)22-21(24)28-33-29-22)23(32)27-25-16(2)10-11-17-6-4-3-5-7-17/h3-9,12-13H,10-11,14H2,1-2H3,(H2,24,28)(H,27,32)/b25-16-. The third-order valence-corrected chi connectivity index (χ3v) is 6.06. The van der Waals surface area contributed by atoms with Crippen molar-refractivity contribution in [3.05, 3.63) is 77.1 Å². The van der Waals surface area contributed by atoms with E-state index in [-0.39, 0.29) is 17.3 Å². The maximum absolute atomic E-state index is 12.9. The second-order valence-electron chi connectivity index (χ2n) is 7.64. The number of anilines is 1. The number of aromatic nitrogens is 5. The van der Waals surface area contributed by atoms with Crippen molar-refractivity contribution in [3.63, 3.8) is 0 Å². The molecule has 174 valence electrons. The van der Waals surface area contributed by atoms with Gasteiger partial charge in [0.15, 0.2) is 5.69 Å². The molecule has 2 heterocycles. The highest BCUT2D eigenvalue weighted by Crippen LogP contribution is 2.26. The van der Waals surface area contributed by atoms with Crippen molar-refractivity contribution in [1.29, 1.82) is 0 Å². The number of hydrogen-bond donors (Lipinski definition) is 2. The Kier molecular flexibility index (Phi) is 7.33. The molecule has 0 spiro atoms. The number of benzene rings is 2. The maximum atomic E-state index is 12.9. The predicted molar refractivity (Wildman–Crippen MR) is 130 cm³/mol. The van der Waals surface area contributed by atoms with Crippen LogP contribution in [0.5, 0.6) is 0 Å². The van der Waals surface area contributed by atoms with Crippen LogP contribution >= 0.6 is 11.8 Å². The van der Waals surface area contributed by atoms with Crippen LogP contribution in [0.15, 0.2) is 69.2 Å². The third-order valence-electron chi connectivity index (χ3n) is 5.04. The second kappa shape index (κ2) is 10.8. The average Bonchev–Trinajstić information content (AvgIpc) is 3.47. The highest BCUT2D eigenvalue weighted by Gasteiger charge is 2.24. The van der Waals surface area contributed by atoms with E-state index in [2.05, 4.69) is 43.3 Å². The Morgan fingerprint density at radius 3 is 2.62 bits per heavy atom. The first-order chi connectivity index (χ1) is 16.5. The Balaban J connectivity index is 1.50. The molecular weight excluding hydrogens is 452 g/mol. The van der Waals surface area contributed by atoms with Gasteiger partial charge in [-0.2, -0.15) is 9.78 Å². The highest BCUT2D eigenvalue weighted by atomic mass is 32.2. The van der Waals surface area contributed by atoms with Gasteiger partial charge in [-0.1, -0.05) is 53.2 Å². The van der Waals surface area contributed by atoms with E-state index in [0.717, 1.165) is 22.6 Å². The van der Waals surface area contributed by atoms with Gasteiger partial charge in [-0.3, -0.25) is 4.79 Å². The molecule has 0 saturated carbocycles. The molecule has 1 amide bonds. The van der Waals surface area contributed by atoms with Gasteiger partial charge in [-0.15, -0.1) is 16.9 Å². The number of hydrazone groups is 1. The lowest BCUT2D eigenvalue weighted by Crippen LogP contribution is -2.21. The minimum Gasteiger partial charge on any atom is -0.378 e. The molecule has 2 aromatic heterocycles. The van der Waals surface area contributed by atoms with E-state index in [9.17, 15) is 4.79 Å². The highest BCUT2D eigenvalue weighted by molar-refractivity contribution is 7.98. The maximum Gasteiger partial charge on any atom is 0.293 e. The van der Waals surface area contributed by atoms with Crippen LogP contribution in [-0.2, 0) is 12.2 Å². The van der Waals surface area contributed by atoms with E-state index in [1.54, 1.807) is 0 Å². The number of aryl methyl sites for hydroxylation is 2. The van der Waals surface area contributed by atoms with Crippen molar-refractivity contribution in [3.8, 4) is 5.82 Å². The van der Waals surface area contributed by atoms with E-state index in [4.69, 9.17) is 10.4 Å². The number of nitrogens with zero attached hydrogens (tertiary/aromatic N) is 6. The number of rotatable bonds is 9. The summed E-state index contributed by atoms with van der Waals surface area (Å²) in [7, 11) is 0. The third kappa shape index (κ3) is 5.67. The minimum absolute atomic E-state index is 0.0493. The molecular formula is C23H24N8O2S. The molecule has 0 saturated heterocycles. The summed E-state index contributed by atoms with van der Waals surface area (Å²) in [5.41, 5.74) is 12.2. The number of carbonyl (C=O) groups is 1. The van der Waals surface area contributed by atoms with Gasteiger partial charge in [-0.25, -0.2) is 10.1 Å². The molecule has 10 nitrogen and oxygen atoms in total. The number of carbonyl (C=O) groups excluding carboxylic acids is 1. The first kappa shape index (κ1) is 23.2. The number of nitrogen functional groups attached to an aromatic ring is 1. The Bertz CT molecular complexity index is 1280. The Morgan fingerprint density at radius 1 is 1.15 bits per heavy atom. The number of nitrogens with one attached hydrogen (secondary N) is 1. The van der Waals surface area contributed by atoms with Gasteiger partial charge in [0.1, 0.15) is 0 Å². The molecule has 0 aliphatic heterocycles. The summed E-state index contributed by atoms with van der Waals surface area (Å²) in [5, 5.41) is 19.8. The summed E-state index contributed by atoms with van der Waals surface area (Å²) in [6, 6.07) is 18.2. The van der Waals surface area contributed by atoms with Crippen molar-refractivity contribution in [2.45, 2.75) is 37.3 Å². The van der Waals surface area contributed by atoms with Crippen LogP contribution in [-0.4, -0.2) is 36.9 Å². The average molecular weight is 477 g/mol. The summed E-state index contributed by atoms with van der Waals surface area (Å²) in [6.45, 7) is 3.90. The number of nitrogens with two attached hydrogens (primary N) is 1. The molecule has 0 aliphatic rings. The zero-order chi connectivity index (χ0) is 23.9. The molecule has 0 fully saturated rings. The fourth-order valence-electron chi connectivity index (χ4n) is 3.13. The van der Waals surface area contributed by atoms with Gasteiger partial charge in [0, 0.05) is 16.4 Å². The summed E-state index contributed by atoms with van der Waals surface area (Å²) < 4.78 is 6.07. The quantitative estimate of drug-likeness (QED) is 0.212. The smallest absolute Gasteiger partial charge is 0.293 e. The number of thioether (sulfide) groups is 1. The van der Waals surface area contributed by atoms with Crippen LogP contribution < -0.4 is 11.2 Å². The zero-order valence-electron chi connectivity index (χ0n) is 18.8. The fraction of sp³-hybridized carbons (Fsp3) is 0.217. The van der Waals surface area contributed by atoms with Gasteiger partial charge in [-0.05, 0) is 54.7 Å². The topological polar surface area (TPSA) is 137 Å². The van der Waals surface area contributed by atoms with Crippen LogP contribution in [0.3, 0.4) is 0 Å². The predicted octanol–water partition coefficient (Wildman–Crippen LogP) is 3.57. The molecule has 2 aromatic carbocycles. The molecule has 0 radical (unpaired) electrons. The van der Waals surface area contributed by atoms with E-state index in [0.29, 0.717) is 17.9 Å². The SMILES string of the molecule is C/C(CCc1ccccc1)=N/NC(=O)c1nnn(-c2nonc2N)c1CSc1ccc(C)cc1. The molecule has 0 bridgehead atoms. The van der Waals surface area contributed by atoms with Crippen LogP contribution in [0.25, 0.3) is 5.82 Å². The lowest BCUT2D eigenvalue weighted by molar-refractivity contribution is 0.0949. The Labute approximate surface area is 200 Å². The lowest BCUT2D eigenvalue weighted by Gasteiger charge is -2.06. The van der Waals surface area contributed by atoms with Gasteiger partial charge in [0.05, 0.1) is 5.69 Å². The molecule has 0 unspecified atom stereocenters. The molecule has 4 aromatic rings. The normalized spacial score (nSPS) is 11.5. The monoisotopic (exact) mass is 476 g/mol. The molecule has 0 atom stereocenters. The first-order valence-corrected chi connectivity index (χ1v) is 11.6. The van der Waals surface area contributed by atoms with Crippen molar-refractivity contribution in [2.75, 3.05) is 5.73 Å². The van der Waals surface area contributed by atoms with Gasteiger partial charge in [0.2, 0.25) is 11.6 Å². The van der Waals surface area contributed by atoms with Gasteiger partial charge in [0.25, 0.3) is 5.91 Å². The van der Waals surface area contributed by atoms with Crippen LogP contribution in [0, 0.1) is 6.92 Å². The molecule has 3 N–H and O–H groups in total. The van der Waals surface area contributed by atoms with Crippen molar-refractivity contribution >= 4 is 29.2 Å². The van der Waals surface area contributed by atoms with E-state index >= 15 is 0 Å². The summed E-state index contributed by atoms with van der Waals surface area (Å²) in [4.78, 5) is 14.0. The van der Waals surface area contributed by atoms with E-state index < -0.39 is 5.91 Å². The Hall–Kier alpha value is -3.99. The van der Waals surface area contributed by atoms with Crippen molar-refractivity contribution < 1.29 is 9.42 Å². The van der Waals surface area contributed by atoms with Crippen molar-refractivity contribution in [1.82, 2.24) is 30.7 Å². The summed E-state index contributed by atoms with van der Waals surface area (Å²) >= 11 is 1.53. The minimum atomic E-state index is -0.472. The molecule has 0 aliphatic carbocycles. The van der Waals surface area contributed by atoms with Gasteiger partial charge >= 0.3 is 0 Å². The van der Waals surface area contributed by atoms with Crippen LogP contribution in [0.4, 0.5) is 5.82 Å². The van der Waals surface area contributed by atoms with Crippen LogP contribution in [0.2, 0.25) is 0 Å². The number of amides is 1. The molecule has 34 heavy (non-hydrogen) atoms. The number of hydrogen-bond acceptors (Lipinski definition) is 9. The molecule has 11 heteroatoms. The zero-order valence-corrected chi connectivity index (χ0v) is 19.6. The van der Waals surface area contributed by atoms with Crippen LogP contribution in [0.1, 0.15) is 40.7 Å². The lowest BCUT2D eigenvalue weighted by atomic mass is 10.1. The summed E-state index contributed by atoms with van der Waals surface area (Å²) in [5.74, 6) is 0.142. The molecule has 4 rings (SSSR count). The van der Waals surface area contributed by atoms with E-state index in [1.807, 2.05) is 56.3 Å². The second-order valence-corrected chi connectivity index (χ2v) is 8.69. The van der Waals surface area contributed by atoms with Gasteiger partial charge < -0.3 is 5.73 Å².